The summed E-state index contributed by atoms with van der Waals surface area (Å²) >= 11 is 6.17. The summed E-state index contributed by atoms with van der Waals surface area (Å²) in [6.45, 7) is 1.90. The van der Waals surface area contributed by atoms with E-state index in [2.05, 4.69) is 4.98 Å². The fourth-order valence-electron chi connectivity index (χ4n) is 3.48. The zero-order valence-electron chi connectivity index (χ0n) is 16.3. The predicted molar refractivity (Wildman–Crippen MR) is 116 cm³/mol. The number of carbonyl (C=O) groups is 2. The van der Waals surface area contributed by atoms with Gasteiger partial charge in [-0.1, -0.05) is 35.9 Å². The number of halogens is 1. The third kappa shape index (κ3) is 3.11. The topological polar surface area (TPSA) is 87.2 Å². The van der Waals surface area contributed by atoms with Crippen LogP contribution in [0.15, 0.2) is 60.8 Å². The quantitative estimate of drug-likeness (QED) is 0.388. The van der Waals surface area contributed by atoms with Crippen LogP contribution in [0.25, 0.3) is 10.9 Å². The van der Waals surface area contributed by atoms with Crippen molar-refractivity contribution in [1.82, 2.24) is 9.55 Å². The van der Waals surface area contributed by atoms with E-state index in [0.29, 0.717) is 22.2 Å². The molecule has 0 unspecified atom stereocenters. The second-order valence-corrected chi connectivity index (χ2v) is 7.15. The Morgan fingerprint density at radius 1 is 1.07 bits per heavy atom. The molecule has 2 aromatic carbocycles. The van der Waals surface area contributed by atoms with E-state index in [9.17, 15) is 9.59 Å². The van der Waals surface area contributed by atoms with Gasteiger partial charge in [-0.3, -0.25) is 14.2 Å². The summed E-state index contributed by atoms with van der Waals surface area (Å²) in [7, 11) is 1.48. The Hall–Kier alpha value is -3.64. The van der Waals surface area contributed by atoms with Gasteiger partial charge in [0.15, 0.2) is 0 Å². The van der Waals surface area contributed by atoms with E-state index < -0.39 is 11.7 Å². The predicted octanol–water partition coefficient (Wildman–Crippen LogP) is 4.51. The average molecular weight is 420 g/mol. The van der Waals surface area contributed by atoms with E-state index in [0.717, 1.165) is 5.56 Å². The number of para-hydroxylation sites is 1. The lowest BCUT2D eigenvalue weighted by Gasteiger charge is -2.12. The molecule has 30 heavy (non-hydrogen) atoms. The number of aryl methyl sites for hydroxylation is 1. The van der Waals surface area contributed by atoms with Gasteiger partial charge in [-0.2, -0.15) is 0 Å². The highest BCUT2D eigenvalue weighted by atomic mass is 35.5. The van der Waals surface area contributed by atoms with Crippen LogP contribution in [-0.4, -0.2) is 28.4 Å². The number of fused-ring (bicyclic) bond motifs is 1. The van der Waals surface area contributed by atoms with Gasteiger partial charge in [0, 0.05) is 11.6 Å². The molecular formula is C23H18ClN3O3. The van der Waals surface area contributed by atoms with Crippen LogP contribution in [0.5, 0.6) is 5.75 Å². The van der Waals surface area contributed by atoms with E-state index in [-0.39, 0.29) is 22.1 Å². The van der Waals surface area contributed by atoms with Gasteiger partial charge in [0.05, 0.1) is 29.4 Å². The van der Waals surface area contributed by atoms with Crippen molar-refractivity contribution >= 4 is 39.9 Å². The molecule has 7 heteroatoms. The van der Waals surface area contributed by atoms with Crippen LogP contribution in [0.3, 0.4) is 0 Å². The molecule has 6 nitrogen and oxygen atoms in total. The van der Waals surface area contributed by atoms with Crippen molar-refractivity contribution in [2.45, 2.75) is 6.92 Å². The van der Waals surface area contributed by atoms with E-state index >= 15 is 0 Å². The number of nitrogen functional groups attached to an aromatic ring is 1. The Bertz CT molecular complexity index is 1310. The summed E-state index contributed by atoms with van der Waals surface area (Å²) in [6.07, 6.45) is 1.49. The van der Waals surface area contributed by atoms with Gasteiger partial charge in [0.2, 0.25) is 5.78 Å². The summed E-state index contributed by atoms with van der Waals surface area (Å²) in [5.74, 6) is -0.521. The molecule has 0 spiro atoms. The zero-order chi connectivity index (χ0) is 21.4. The second-order valence-electron chi connectivity index (χ2n) is 6.79. The lowest BCUT2D eigenvalue weighted by molar-refractivity contribution is 0.0937. The molecule has 150 valence electrons. The molecule has 0 aliphatic carbocycles. The molecule has 2 heterocycles. The number of aromatic nitrogens is 2. The molecule has 0 saturated heterocycles. The highest BCUT2D eigenvalue weighted by Gasteiger charge is 2.29. The minimum Gasteiger partial charge on any atom is -0.496 e. The first-order chi connectivity index (χ1) is 14.4. The first-order valence-electron chi connectivity index (χ1n) is 9.17. The van der Waals surface area contributed by atoms with Crippen LogP contribution in [0.1, 0.15) is 32.0 Å². The van der Waals surface area contributed by atoms with Gasteiger partial charge >= 0.3 is 0 Å². The third-order valence-electron chi connectivity index (χ3n) is 4.92. The van der Waals surface area contributed by atoms with Crippen molar-refractivity contribution in [2.24, 2.45) is 0 Å². The molecule has 0 fully saturated rings. The average Bonchev–Trinajstić information content (AvgIpc) is 3.04. The second kappa shape index (κ2) is 7.65. The van der Waals surface area contributed by atoms with Gasteiger partial charge in [-0.25, -0.2) is 4.98 Å². The summed E-state index contributed by atoms with van der Waals surface area (Å²) in [5.41, 5.74) is 8.59. The molecule has 4 aromatic rings. The van der Waals surface area contributed by atoms with E-state index in [1.165, 1.54) is 17.9 Å². The zero-order valence-corrected chi connectivity index (χ0v) is 17.1. The summed E-state index contributed by atoms with van der Waals surface area (Å²) in [6, 6.07) is 15.5. The van der Waals surface area contributed by atoms with Gasteiger partial charge in [-0.15, -0.1) is 0 Å². The van der Waals surface area contributed by atoms with Crippen LogP contribution in [0.4, 0.5) is 5.69 Å². The first kappa shape index (κ1) is 19.7. The Balaban J connectivity index is 2.04. The molecule has 0 bridgehead atoms. The third-order valence-corrected chi connectivity index (χ3v) is 5.22. The maximum absolute atomic E-state index is 13.6. The summed E-state index contributed by atoms with van der Waals surface area (Å²) in [5, 5.41) is 0.651. The number of nitrogens with zero attached hydrogens (tertiary/aromatic N) is 2. The number of hydrogen-bond donors (Lipinski definition) is 1. The molecule has 0 aliphatic rings. The van der Waals surface area contributed by atoms with Crippen molar-refractivity contribution in [3.63, 3.8) is 0 Å². The normalized spacial score (nSPS) is 10.9. The minimum absolute atomic E-state index is 0.0475. The van der Waals surface area contributed by atoms with Gasteiger partial charge in [0.1, 0.15) is 16.6 Å². The van der Waals surface area contributed by atoms with E-state index in [1.54, 1.807) is 42.5 Å². The number of ether oxygens (including phenoxy) is 1. The molecular weight excluding hydrogens is 402 g/mol. The Labute approximate surface area is 177 Å². The van der Waals surface area contributed by atoms with Crippen LogP contribution < -0.4 is 10.5 Å². The SMILES string of the molecule is COc1ccccc1C(=O)c1c(N)c2ccc(C)cc2n1C(=O)c1cccnc1Cl. The number of pyridine rings is 1. The number of hydrogen-bond acceptors (Lipinski definition) is 5. The fourth-order valence-corrected chi connectivity index (χ4v) is 3.68. The van der Waals surface area contributed by atoms with Crippen molar-refractivity contribution < 1.29 is 14.3 Å². The molecule has 4 rings (SSSR count). The summed E-state index contributed by atoms with van der Waals surface area (Å²) < 4.78 is 6.65. The van der Waals surface area contributed by atoms with Crippen molar-refractivity contribution in [3.8, 4) is 5.75 Å². The van der Waals surface area contributed by atoms with Crippen LogP contribution in [-0.2, 0) is 0 Å². The molecule has 0 saturated carbocycles. The van der Waals surface area contributed by atoms with Crippen molar-refractivity contribution in [2.75, 3.05) is 12.8 Å². The van der Waals surface area contributed by atoms with Crippen LogP contribution in [0, 0.1) is 6.92 Å². The molecule has 2 aromatic heterocycles. The monoisotopic (exact) mass is 419 g/mol. The van der Waals surface area contributed by atoms with Crippen LogP contribution in [0.2, 0.25) is 5.15 Å². The number of methoxy groups -OCH3 is 1. The van der Waals surface area contributed by atoms with Gasteiger partial charge < -0.3 is 10.5 Å². The fraction of sp³-hybridized carbons (Fsp3) is 0.0870. The Kier molecular flexibility index (Phi) is 5.01. The number of ketones is 1. The smallest absolute Gasteiger partial charge is 0.266 e. The number of rotatable bonds is 4. The number of carbonyl (C=O) groups excluding carboxylic acids is 2. The largest absolute Gasteiger partial charge is 0.496 e. The number of benzene rings is 2. The summed E-state index contributed by atoms with van der Waals surface area (Å²) in [4.78, 5) is 31.1. The Morgan fingerprint density at radius 3 is 2.53 bits per heavy atom. The number of nitrogens with two attached hydrogens (primary N) is 1. The van der Waals surface area contributed by atoms with Gasteiger partial charge in [0.25, 0.3) is 5.91 Å². The molecule has 2 N–H and O–H groups in total. The maximum atomic E-state index is 13.6. The standard InChI is InChI=1S/C23H18ClN3O3/c1-13-9-10-14-17(12-13)27(23(29)16-7-5-11-26-22(16)24)20(19(14)25)21(28)15-6-3-4-8-18(15)30-2/h3-12H,25H2,1-2H3. The van der Waals surface area contributed by atoms with Gasteiger partial charge in [-0.05, 0) is 42.8 Å². The Morgan fingerprint density at radius 2 is 1.80 bits per heavy atom. The highest BCUT2D eigenvalue weighted by molar-refractivity contribution is 6.33. The van der Waals surface area contributed by atoms with Crippen LogP contribution >= 0.6 is 11.6 Å². The van der Waals surface area contributed by atoms with E-state index in [1.807, 2.05) is 19.1 Å². The molecule has 0 radical (unpaired) electrons. The molecule has 0 aliphatic heterocycles. The lowest BCUT2D eigenvalue weighted by Crippen LogP contribution is -2.20. The lowest BCUT2D eigenvalue weighted by atomic mass is 10.1. The highest BCUT2D eigenvalue weighted by Crippen LogP contribution is 2.34. The number of anilines is 1. The minimum atomic E-state index is -0.487. The molecule has 0 amide bonds. The maximum Gasteiger partial charge on any atom is 0.266 e. The van der Waals surface area contributed by atoms with Crippen molar-refractivity contribution in [3.05, 3.63) is 88.3 Å². The van der Waals surface area contributed by atoms with Crippen molar-refractivity contribution in [1.29, 1.82) is 0 Å². The van der Waals surface area contributed by atoms with E-state index in [4.69, 9.17) is 22.1 Å². The molecule has 0 atom stereocenters. The first-order valence-corrected chi connectivity index (χ1v) is 9.55.